The molecule has 25 heavy (non-hydrogen) atoms. The normalized spacial score (nSPS) is 12.6. The van der Waals surface area contributed by atoms with Crippen LogP contribution in [0, 0.1) is 13.8 Å². The Balaban J connectivity index is 1.63. The molecule has 5 heteroatoms. The minimum atomic E-state index is -0.130. The van der Waals surface area contributed by atoms with Gasteiger partial charge in [0.2, 0.25) is 0 Å². The van der Waals surface area contributed by atoms with E-state index in [9.17, 15) is 4.79 Å². The smallest absolute Gasteiger partial charge is 0.256 e. The van der Waals surface area contributed by atoms with Crippen molar-refractivity contribution in [2.24, 2.45) is 4.99 Å². The molecule has 0 radical (unpaired) electrons. The highest BCUT2D eigenvalue weighted by atomic mass is 16.1. The zero-order chi connectivity index (χ0) is 17.4. The van der Waals surface area contributed by atoms with Crippen molar-refractivity contribution in [2.75, 3.05) is 5.32 Å². The summed E-state index contributed by atoms with van der Waals surface area (Å²) in [6, 6.07) is 13.9. The molecule has 0 bridgehead atoms. The third-order valence-electron chi connectivity index (χ3n) is 4.49. The Morgan fingerprint density at radius 3 is 2.60 bits per heavy atom. The monoisotopic (exact) mass is 330 g/mol. The minimum absolute atomic E-state index is 0.130. The number of amides is 1. The second kappa shape index (κ2) is 6.02. The summed E-state index contributed by atoms with van der Waals surface area (Å²) in [7, 11) is 0. The Bertz CT molecular complexity index is 980. The van der Waals surface area contributed by atoms with Crippen molar-refractivity contribution in [2.45, 2.75) is 20.3 Å². The lowest BCUT2D eigenvalue weighted by atomic mass is 10.0. The number of carbonyl (C=O) groups excluding carboxylic acids is 1. The molecular formula is C20H18N4O. The quantitative estimate of drug-likeness (QED) is 0.763. The van der Waals surface area contributed by atoms with Crippen LogP contribution in [-0.2, 0) is 6.42 Å². The topological polar surface area (TPSA) is 70.1 Å². The number of carbonyl (C=O) groups is 1. The highest BCUT2D eigenvalue weighted by molar-refractivity contribution is 6.13. The predicted molar refractivity (Wildman–Crippen MR) is 98.8 cm³/mol. The van der Waals surface area contributed by atoms with E-state index in [4.69, 9.17) is 0 Å². The van der Waals surface area contributed by atoms with Crippen molar-refractivity contribution in [1.82, 2.24) is 10.2 Å². The number of aromatic nitrogens is 2. The lowest BCUT2D eigenvalue weighted by Crippen LogP contribution is -2.17. The first-order valence-electron chi connectivity index (χ1n) is 8.20. The summed E-state index contributed by atoms with van der Waals surface area (Å²) in [5, 5.41) is 10.1. The molecule has 1 aromatic heterocycles. The molecule has 124 valence electrons. The number of para-hydroxylation sites is 1. The molecule has 0 spiro atoms. The van der Waals surface area contributed by atoms with Crippen LogP contribution in [0.15, 0.2) is 53.7 Å². The van der Waals surface area contributed by atoms with Crippen LogP contribution in [0.4, 0.5) is 11.4 Å². The van der Waals surface area contributed by atoms with E-state index in [1.54, 1.807) is 6.20 Å². The highest BCUT2D eigenvalue weighted by Crippen LogP contribution is 2.30. The van der Waals surface area contributed by atoms with E-state index < -0.39 is 0 Å². The summed E-state index contributed by atoms with van der Waals surface area (Å²) in [5.74, 6) is -0.130. The molecule has 0 fully saturated rings. The van der Waals surface area contributed by atoms with Gasteiger partial charge in [0.15, 0.2) is 0 Å². The fraction of sp³-hybridized carbons (Fsp3) is 0.150. The number of fused-ring (bicyclic) bond motifs is 1. The molecule has 2 aromatic carbocycles. The fourth-order valence-corrected chi connectivity index (χ4v) is 3.24. The van der Waals surface area contributed by atoms with Crippen LogP contribution < -0.4 is 5.32 Å². The second-order valence-corrected chi connectivity index (χ2v) is 6.24. The number of rotatable bonds is 3. The second-order valence-electron chi connectivity index (χ2n) is 6.24. The van der Waals surface area contributed by atoms with Gasteiger partial charge >= 0.3 is 0 Å². The van der Waals surface area contributed by atoms with E-state index in [2.05, 4.69) is 26.6 Å². The molecular weight excluding hydrogens is 312 g/mol. The standard InChI is InChI=1S/C20H18N4O/c1-12-6-5-7-13(2)18(12)20(25)23-17-11-21-24-19(17)16-10-14-8-3-4-9-15(14)22-16/h3-9,11H,10H2,1-2H3,(H,21,24)(H,23,25). The average molecular weight is 330 g/mol. The van der Waals surface area contributed by atoms with Crippen molar-refractivity contribution < 1.29 is 4.79 Å². The zero-order valence-corrected chi connectivity index (χ0v) is 14.1. The van der Waals surface area contributed by atoms with Gasteiger partial charge in [0.1, 0.15) is 5.69 Å². The highest BCUT2D eigenvalue weighted by Gasteiger charge is 2.21. The van der Waals surface area contributed by atoms with Crippen molar-refractivity contribution in [3.63, 3.8) is 0 Å². The summed E-state index contributed by atoms with van der Waals surface area (Å²) in [6.45, 7) is 3.88. The molecule has 0 saturated carbocycles. The maximum Gasteiger partial charge on any atom is 0.256 e. The maximum atomic E-state index is 12.7. The number of aryl methyl sites for hydroxylation is 2. The molecule has 0 unspecified atom stereocenters. The van der Waals surface area contributed by atoms with E-state index in [0.29, 0.717) is 11.3 Å². The van der Waals surface area contributed by atoms with Gasteiger partial charge in [-0.05, 0) is 36.6 Å². The van der Waals surface area contributed by atoms with Crippen molar-refractivity contribution in [1.29, 1.82) is 0 Å². The van der Waals surface area contributed by atoms with Crippen LogP contribution in [0.2, 0.25) is 0 Å². The van der Waals surface area contributed by atoms with E-state index in [0.717, 1.165) is 34.6 Å². The largest absolute Gasteiger partial charge is 0.319 e. The maximum absolute atomic E-state index is 12.7. The predicted octanol–water partition coefficient (Wildman–Crippen LogP) is 3.96. The van der Waals surface area contributed by atoms with E-state index in [1.807, 2.05) is 50.2 Å². The van der Waals surface area contributed by atoms with Gasteiger partial charge in [0.25, 0.3) is 5.91 Å². The number of nitrogens with one attached hydrogen (secondary N) is 2. The summed E-state index contributed by atoms with van der Waals surface area (Å²) >= 11 is 0. The van der Waals surface area contributed by atoms with E-state index >= 15 is 0 Å². The molecule has 1 amide bonds. The summed E-state index contributed by atoms with van der Waals surface area (Å²) in [6.07, 6.45) is 2.36. The van der Waals surface area contributed by atoms with E-state index in [-0.39, 0.29) is 5.91 Å². The zero-order valence-electron chi connectivity index (χ0n) is 14.1. The van der Waals surface area contributed by atoms with Crippen LogP contribution in [0.3, 0.4) is 0 Å². The van der Waals surface area contributed by atoms with Gasteiger partial charge < -0.3 is 5.32 Å². The first kappa shape index (κ1) is 15.3. The van der Waals surface area contributed by atoms with Crippen molar-refractivity contribution >= 4 is 23.0 Å². The van der Waals surface area contributed by atoms with Crippen LogP contribution in [0.25, 0.3) is 0 Å². The van der Waals surface area contributed by atoms with Crippen LogP contribution in [0.5, 0.6) is 0 Å². The Morgan fingerprint density at radius 2 is 1.84 bits per heavy atom. The van der Waals surface area contributed by atoms with Crippen molar-refractivity contribution in [3.8, 4) is 0 Å². The number of aliphatic imine (C=N–C) groups is 1. The lowest BCUT2D eigenvalue weighted by molar-refractivity contribution is 0.102. The van der Waals surface area contributed by atoms with Gasteiger partial charge in [0, 0.05) is 12.0 Å². The first-order chi connectivity index (χ1) is 12.1. The van der Waals surface area contributed by atoms with Gasteiger partial charge in [-0.25, -0.2) is 0 Å². The van der Waals surface area contributed by atoms with Gasteiger partial charge in [-0.15, -0.1) is 0 Å². The minimum Gasteiger partial charge on any atom is -0.319 e. The Labute approximate surface area is 145 Å². The van der Waals surface area contributed by atoms with Crippen molar-refractivity contribution in [3.05, 3.63) is 76.6 Å². The Kier molecular flexibility index (Phi) is 3.69. The number of H-pyrrole nitrogens is 1. The number of hydrogen-bond acceptors (Lipinski definition) is 3. The summed E-state index contributed by atoms with van der Waals surface area (Å²) in [4.78, 5) is 17.4. The third kappa shape index (κ3) is 2.74. The molecule has 1 aliphatic rings. The molecule has 0 aliphatic carbocycles. The summed E-state index contributed by atoms with van der Waals surface area (Å²) in [5.41, 5.74) is 7.05. The molecule has 0 atom stereocenters. The van der Waals surface area contributed by atoms with Gasteiger partial charge in [0.05, 0.1) is 23.3 Å². The summed E-state index contributed by atoms with van der Waals surface area (Å²) < 4.78 is 0. The molecule has 2 heterocycles. The third-order valence-corrected chi connectivity index (χ3v) is 4.49. The number of anilines is 1. The molecule has 2 N–H and O–H groups in total. The number of nitrogens with zero attached hydrogens (tertiary/aromatic N) is 2. The Hall–Kier alpha value is -3.21. The average Bonchev–Trinajstić information content (AvgIpc) is 3.20. The number of aromatic amines is 1. The first-order valence-corrected chi connectivity index (χ1v) is 8.20. The molecule has 4 rings (SSSR count). The number of benzene rings is 2. The fourth-order valence-electron chi connectivity index (χ4n) is 3.24. The number of hydrogen-bond donors (Lipinski definition) is 2. The SMILES string of the molecule is Cc1cccc(C)c1C(=O)Nc1cn[nH]c1C1=Nc2ccccc2C1. The van der Waals surface area contributed by atoms with Gasteiger partial charge in [-0.2, -0.15) is 5.10 Å². The van der Waals surface area contributed by atoms with Crippen LogP contribution in [0.1, 0.15) is 32.7 Å². The lowest BCUT2D eigenvalue weighted by Gasteiger charge is -2.10. The Morgan fingerprint density at radius 1 is 1.08 bits per heavy atom. The van der Waals surface area contributed by atoms with Crippen LogP contribution in [-0.4, -0.2) is 21.8 Å². The van der Waals surface area contributed by atoms with E-state index in [1.165, 1.54) is 5.56 Å². The van der Waals surface area contributed by atoms with Gasteiger partial charge in [-0.3, -0.25) is 14.9 Å². The molecule has 1 aliphatic heterocycles. The molecule has 0 saturated heterocycles. The van der Waals surface area contributed by atoms with Gasteiger partial charge in [-0.1, -0.05) is 36.4 Å². The van der Waals surface area contributed by atoms with Crippen LogP contribution >= 0.6 is 0 Å². The molecule has 5 nitrogen and oxygen atoms in total. The molecule has 3 aromatic rings.